The van der Waals surface area contributed by atoms with Gasteiger partial charge in [-0.05, 0) is 63.1 Å². The first kappa shape index (κ1) is 21.2. The second kappa shape index (κ2) is 8.63. The number of carbonyl (C=O) groups excluding carboxylic acids is 2. The molecular formula is C23H26N4O3S. The SMILES string of the molecule is Cc1cc(C)c(NC(=O)CNC(=O)Cn2cnc3sc4c(c3c2=O)CCCC4)c(C)c1. The lowest BCUT2D eigenvalue weighted by Crippen LogP contribution is -2.37. The molecule has 31 heavy (non-hydrogen) atoms. The van der Waals surface area contributed by atoms with Crippen LogP contribution >= 0.6 is 11.3 Å². The molecule has 1 aliphatic carbocycles. The zero-order valence-corrected chi connectivity index (χ0v) is 18.8. The third-order valence-corrected chi connectivity index (χ3v) is 6.84. The van der Waals surface area contributed by atoms with E-state index < -0.39 is 5.91 Å². The summed E-state index contributed by atoms with van der Waals surface area (Å²) < 4.78 is 1.32. The maximum absolute atomic E-state index is 12.9. The van der Waals surface area contributed by atoms with Gasteiger partial charge in [0, 0.05) is 10.6 Å². The van der Waals surface area contributed by atoms with E-state index in [1.165, 1.54) is 15.8 Å². The van der Waals surface area contributed by atoms with E-state index in [9.17, 15) is 14.4 Å². The van der Waals surface area contributed by atoms with Crippen molar-refractivity contribution in [1.29, 1.82) is 0 Å². The standard InChI is InChI=1S/C23H26N4O3S/c1-13-8-14(2)21(15(3)9-13)26-18(28)10-24-19(29)11-27-12-25-22-20(23(27)30)16-6-4-5-7-17(16)31-22/h8-9,12H,4-7,10-11H2,1-3H3,(H,24,29)(H,26,28). The number of carbonyl (C=O) groups is 2. The summed E-state index contributed by atoms with van der Waals surface area (Å²) in [5, 5.41) is 6.11. The lowest BCUT2D eigenvalue weighted by Gasteiger charge is -2.13. The second-order valence-corrected chi connectivity index (χ2v) is 9.25. The highest BCUT2D eigenvalue weighted by atomic mass is 32.1. The predicted octanol–water partition coefficient (Wildman–Crippen LogP) is 3.02. The van der Waals surface area contributed by atoms with Crippen LogP contribution in [0.1, 0.15) is 40.0 Å². The minimum absolute atomic E-state index is 0.163. The largest absolute Gasteiger partial charge is 0.345 e. The van der Waals surface area contributed by atoms with Crippen LogP contribution < -0.4 is 16.2 Å². The van der Waals surface area contributed by atoms with E-state index in [2.05, 4.69) is 15.6 Å². The molecule has 0 fully saturated rings. The number of hydrogen-bond donors (Lipinski definition) is 2. The number of thiophene rings is 1. The molecule has 1 aromatic carbocycles. The van der Waals surface area contributed by atoms with E-state index in [1.54, 1.807) is 11.3 Å². The average molecular weight is 439 g/mol. The van der Waals surface area contributed by atoms with E-state index in [-0.39, 0.29) is 24.6 Å². The second-order valence-electron chi connectivity index (χ2n) is 8.17. The van der Waals surface area contributed by atoms with Gasteiger partial charge in [0.15, 0.2) is 0 Å². The van der Waals surface area contributed by atoms with Gasteiger partial charge in [-0.1, -0.05) is 17.7 Å². The molecule has 7 nitrogen and oxygen atoms in total. The molecule has 4 rings (SSSR count). The third-order valence-electron chi connectivity index (χ3n) is 5.64. The van der Waals surface area contributed by atoms with E-state index in [0.717, 1.165) is 58.5 Å². The Morgan fingerprint density at radius 1 is 1.10 bits per heavy atom. The van der Waals surface area contributed by atoms with Gasteiger partial charge in [0.25, 0.3) is 5.56 Å². The third kappa shape index (κ3) is 4.39. The Hall–Kier alpha value is -3.00. The van der Waals surface area contributed by atoms with Crippen LogP contribution in [0.25, 0.3) is 10.2 Å². The number of nitrogens with one attached hydrogen (secondary N) is 2. The lowest BCUT2D eigenvalue weighted by atomic mass is 9.97. The van der Waals surface area contributed by atoms with Gasteiger partial charge in [-0.15, -0.1) is 11.3 Å². The zero-order chi connectivity index (χ0) is 22.1. The van der Waals surface area contributed by atoms with E-state index in [4.69, 9.17) is 0 Å². The summed E-state index contributed by atoms with van der Waals surface area (Å²) in [6, 6.07) is 4.00. The molecule has 0 unspecified atom stereocenters. The van der Waals surface area contributed by atoms with Crippen LogP contribution in [0.5, 0.6) is 0 Å². The molecule has 2 aromatic heterocycles. The quantitative estimate of drug-likeness (QED) is 0.640. The van der Waals surface area contributed by atoms with Crippen molar-refractivity contribution in [3.63, 3.8) is 0 Å². The molecule has 0 saturated carbocycles. The van der Waals surface area contributed by atoms with Crippen molar-refractivity contribution < 1.29 is 9.59 Å². The van der Waals surface area contributed by atoms with Crippen LogP contribution in [0.4, 0.5) is 5.69 Å². The number of rotatable bonds is 5. The summed E-state index contributed by atoms with van der Waals surface area (Å²) in [5.41, 5.74) is 4.75. The van der Waals surface area contributed by atoms with Crippen molar-refractivity contribution in [2.24, 2.45) is 0 Å². The molecule has 0 saturated heterocycles. The molecule has 8 heteroatoms. The van der Waals surface area contributed by atoms with Crippen molar-refractivity contribution in [3.8, 4) is 0 Å². The molecule has 0 atom stereocenters. The van der Waals surface area contributed by atoms with Crippen molar-refractivity contribution in [2.75, 3.05) is 11.9 Å². The smallest absolute Gasteiger partial charge is 0.262 e. The van der Waals surface area contributed by atoms with Crippen molar-refractivity contribution in [2.45, 2.75) is 53.0 Å². The number of nitrogens with zero attached hydrogens (tertiary/aromatic N) is 2. The Morgan fingerprint density at radius 3 is 2.55 bits per heavy atom. The van der Waals surface area contributed by atoms with Gasteiger partial charge in [0.2, 0.25) is 11.8 Å². The van der Waals surface area contributed by atoms with Crippen LogP contribution in [0, 0.1) is 20.8 Å². The van der Waals surface area contributed by atoms with Gasteiger partial charge in [-0.3, -0.25) is 19.0 Å². The minimum Gasteiger partial charge on any atom is -0.345 e. The summed E-state index contributed by atoms with van der Waals surface area (Å²) in [6.45, 7) is 5.55. The van der Waals surface area contributed by atoms with Crippen molar-refractivity contribution in [1.82, 2.24) is 14.9 Å². The normalized spacial score (nSPS) is 13.1. The number of amides is 2. The molecule has 2 N–H and O–H groups in total. The minimum atomic E-state index is -0.403. The lowest BCUT2D eigenvalue weighted by molar-refractivity contribution is -0.124. The fourth-order valence-corrected chi connectivity index (χ4v) is 5.46. The van der Waals surface area contributed by atoms with Crippen LogP contribution in [-0.2, 0) is 29.0 Å². The highest BCUT2D eigenvalue weighted by Gasteiger charge is 2.20. The molecule has 0 radical (unpaired) electrons. The Labute approximate surface area is 184 Å². The number of hydrogen-bond acceptors (Lipinski definition) is 5. The Kier molecular flexibility index (Phi) is 5.91. The summed E-state index contributed by atoms with van der Waals surface area (Å²) in [6.07, 6.45) is 5.51. The first-order chi connectivity index (χ1) is 14.8. The average Bonchev–Trinajstić information content (AvgIpc) is 3.10. The van der Waals surface area contributed by atoms with Crippen LogP contribution in [0.3, 0.4) is 0 Å². The van der Waals surface area contributed by atoms with Crippen molar-refractivity contribution >= 4 is 39.1 Å². The van der Waals surface area contributed by atoms with E-state index >= 15 is 0 Å². The number of aromatic nitrogens is 2. The predicted molar refractivity (Wildman–Crippen MR) is 123 cm³/mol. The Balaban J connectivity index is 1.41. The van der Waals surface area contributed by atoms with Gasteiger partial charge in [-0.2, -0.15) is 0 Å². The molecule has 162 valence electrons. The summed E-state index contributed by atoms with van der Waals surface area (Å²) in [7, 11) is 0. The van der Waals surface area contributed by atoms with Crippen molar-refractivity contribution in [3.05, 3.63) is 55.9 Å². The zero-order valence-electron chi connectivity index (χ0n) is 18.0. The molecule has 3 aromatic rings. The first-order valence-corrected chi connectivity index (χ1v) is 11.3. The molecular weight excluding hydrogens is 412 g/mol. The Bertz CT molecular complexity index is 1220. The molecule has 0 spiro atoms. The van der Waals surface area contributed by atoms with E-state index in [1.807, 2.05) is 32.9 Å². The molecule has 2 heterocycles. The summed E-state index contributed by atoms with van der Waals surface area (Å²) in [5.74, 6) is -0.712. The Morgan fingerprint density at radius 2 is 1.81 bits per heavy atom. The highest BCUT2D eigenvalue weighted by molar-refractivity contribution is 7.18. The summed E-state index contributed by atoms with van der Waals surface area (Å²) in [4.78, 5) is 44.0. The number of fused-ring (bicyclic) bond motifs is 3. The maximum Gasteiger partial charge on any atom is 0.262 e. The van der Waals surface area contributed by atoms with Gasteiger partial charge in [0.05, 0.1) is 18.3 Å². The topological polar surface area (TPSA) is 93.1 Å². The van der Waals surface area contributed by atoms with Crippen LogP contribution in [-0.4, -0.2) is 27.9 Å². The fraction of sp³-hybridized carbons (Fsp3) is 0.391. The number of aryl methyl sites for hydroxylation is 5. The maximum atomic E-state index is 12.9. The van der Waals surface area contributed by atoms with E-state index in [0.29, 0.717) is 5.39 Å². The van der Waals surface area contributed by atoms with Gasteiger partial charge < -0.3 is 10.6 Å². The highest BCUT2D eigenvalue weighted by Crippen LogP contribution is 2.33. The van der Waals surface area contributed by atoms with Crippen LogP contribution in [0.15, 0.2) is 23.3 Å². The van der Waals surface area contributed by atoms with Crippen LogP contribution in [0.2, 0.25) is 0 Å². The monoisotopic (exact) mass is 438 g/mol. The fourth-order valence-electron chi connectivity index (χ4n) is 4.24. The van der Waals surface area contributed by atoms with Gasteiger partial charge >= 0.3 is 0 Å². The molecule has 1 aliphatic rings. The first-order valence-electron chi connectivity index (χ1n) is 10.5. The molecule has 2 amide bonds. The number of benzene rings is 1. The molecule has 0 bridgehead atoms. The summed E-state index contributed by atoms with van der Waals surface area (Å²) >= 11 is 1.58. The molecule has 0 aliphatic heterocycles. The van der Waals surface area contributed by atoms with Gasteiger partial charge in [-0.25, -0.2) is 4.98 Å². The number of anilines is 1. The van der Waals surface area contributed by atoms with Gasteiger partial charge in [0.1, 0.15) is 11.4 Å².